The van der Waals surface area contributed by atoms with E-state index >= 15 is 0 Å². The molecule has 0 aliphatic heterocycles. The van der Waals surface area contributed by atoms with Crippen molar-refractivity contribution in [3.05, 3.63) is 35.4 Å². The molecule has 2 heteroatoms. The summed E-state index contributed by atoms with van der Waals surface area (Å²) in [6.07, 6.45) is 0.938. The van der Waals surface area contributed by atoms with Crippen LogP contribution in [0.2, 0.25) is 0 Å². The first kappa shape index (κ1) is 13.8. The van der Waals surface area contributed by atoms with Gasteiger partial charge in [-0.25, -0.2) is 0 Å². The molecule has 2 nitrogen and oxygen atoms in total. The molecule has 1 amide bonds. The maximum absolute atomic E-state index is 12.2. The molecule has 1 rings (SSSR count). The molecule has 0 saturated carbocycles. The van der Waals surface area contributed by atoms with Gasteiger partial charge >= 0.3 is 0 Å². The van der Waals surface area contributed by atoms with Crippen molar-refractivity contribution < 1.29 is 4.79 Å². The molecule has 0 aliphatic rings. The first-order chi connectivity index (χ1) is 7.79. The molecule has 0 heterocycles. The molecular formula is C15H23NO. The predicted molar refractivity (Wildman–Crippen MR) is 72.2 cm³/mol. The lowest BCUT2D eigenvalue weighted by Gasteiger charge is -2.21. The largest absolute Gasteiger partial charge is 0.347 e. The normalized spacial score (nSPS) is 11.6. The molecule has 94 valence electrons. The number of nitrogens with one attached hydrogen (secondary N) is 1. The lowest BCUT2D eigenvalue weighted by atomic mass is 9.97. The monoisotopic (exact) mass is 233 g/mol. The van der Waals surface area contributed by atoms with E-state index in [-0.39, 0.29) is 11.4 Å². The molecule has 1 N–H and O–H groups in total. The van der Waals surface area contributed by atoms with Gasteiger partial charge in [-0.2, -0.15) is 0 Å². The van der Waals surface area contributed by atoms with Gasteiger partial charge < -0.3 is 5.32 Å². The summed E-state index contributed by atoms with van der Waals surface area (Å²) in [5, 5.41) is 3.01. The number of rotatable bonds is 3. The summed E-state index contributed by atoms with van der Waals surface area (Å²) in [5.41, 5.74) is 1.74. The minimum absolute atomic E-state index is 0.0220. The van der Waals surface area contributed by atoms with Crippen LogP contribution in [0.25, 0.3) is 0 Å². The molecule has 1 aromatic carbocycles. The Labute approximate surface area is 104 Å². The van der Waals surface area contributed by atoms with Crippen molar-refractivity contribution in [3.63, 3.8) is 0 Å². The second-order valence-electron chi connectivity index (χ2n) is 5.96. The van der Waals surface area contributed by atoms with Crippen LogP contribution in [0.15, 0.2) is 24.3 Å². The van der Waals surface area contributed by atoms with Gasteiger partial charge in [-0.3, -0.25) is 4.79 Å². The quantitative estimate of drug-likeness (QED) is 0.851. The SMILES string of the molecule is CC(C)Cc1ccccc1C(=O)NC(C)(C)C. The first-order valence-corrected chi connectivity index (χ1v) is 6.20. The van der Waals surface area contributed by atoms with Gasteiger partial charge in [0, 0.05) is 11.1 Å². The van der Waals surface area contributed by atoms with Crippen LogP contribution in [-0.4, -0.2) is 11.4 Å². The van der Waals surface area contributed by atoms with Crippen molar-refractivity contribution in [2.24, 2.45) is 5.92 Å². The van der Waals surface area contributed by atoms with Crippen LogP contribution < -0.4 is 5.32 Å². The van der Waals surface area contributed by atoms with Crippen LogP contribution in [0.4, 0.5) is 0 Å². The molecule has 17 heavy (non-hydrogen) atoms. The highest BCUT2D eigenvalue weighted by atomic mass is 16.1. The second-order valence-corrected chi connectivity index (χ2v) is 5.96. The lowest BCUT2D eigenvalue weighted by Crippen LogP contribution is -2.41. The van der Waals surface area contributed by atoms with E-state index in [1.807, 2.05) is 45.0 Å². The molecule has 0 radical (unpaired) electrons. The summed E-state index contributed by atoms with van der Waals surface area (Å²) in [6, 6.07) is 7.85. The second kappa shape index (κ2) is 5.35. The van der Waals surface area contributed by atoms with Crippen molar-refractivity contribution in [2.45, 2.75) is 46.6 Å². The maximum Gasteiger partial charge on any atom is 0.251 e. The topological polar surface area (TPSA) is 29.1 Å². The number of amides is 1. The fourth-order valence-electron chi connectivity index (χ4n) is 1.77. The Balaban J connectivity index is 2.93. The van der Waals surface area contributed by atoms with E-state index in [0.29, 0.717) is 5.92 Å². The van der Waals surface area contributed by atoms with Crippen LogP contribution >= 0.6 is 0 Å². The van der Waals surface area contributed by atoms with Crippen LogP contribution in [0.5, 0.6) is 0 Å². The van der Waals surface area contributed by atoms with Crippen molar-refractivity contribution in [2.75, 3.05) is 0 Å². The van der Waals surface area contributed by atoms with Gasteiger partial charge in [0.25, 0.3) is 5.91 Å². The van der Waals surface area contributed by atoms with Crippen LogP contribution in [-0.2, 0) is 6.42 Å². The number of benzene rings is 1. The van der Waals surface area contributed by atoms with Crippen molar-refractivity contribution in [1.82, 2.24) is 5.32 Å². The van der Waals surface area contributed by atoms with Gasteiger partial charge in [-0.15, -0.1) is 0 Å². The zero-order valence-electron chi connectivity index (χ0n) is 11.5. The number of carbonyl (C=O) groups excluding carboxylic acids is 1. The Hall–Kier alpha value is -1.31. The fraction of sp³-hybridized carbons (Fsp3) is 0.533. The molecule has 0 aliphatic carbocycles. The van der Waals surface area contributed by atoms with Crippen molar-refractivity contribution in [3.8, 4) is 0 Å². The molecule has 0 unspecified atom stereocenters. The Morgan fingerprint density at radius 1 is 1.24 bits per heavy atom. The van der Waals surface area contributed by atoms with Gasteiger partial charge in [0.15, 0.2) is 0 Å². The zero-order chi connectivity index (χ0) is 13.1. The van der Waals surface area contributed by atoms with E-state index in [1.165, 1.54) is 0 Å². The minimum Gasteiger partial charge on any atom is -0.347 e. The molecule has 0 aromatic heterocycles. The van der Waals surface area contributed by atoms with Gasteiger partial charge in [0.1, 0.15) is 0 Å². The van der Waals surface area contributed by atoms with Gasteiger partial charge in [0.05, 0.1) is 0 Å². The molecule has 0 spiro atoms. The smallest absolute Gasteiger partial charge is 0.251 e. The maximum atomic E-state index is 12.2. The summed E-state index contributed by atoms with van der Waals surface area (Å²) in [4.78, 5) is 12.2. The zero-order valence-corrected chi connectivity index (χ0v) is 11.5. The van der Waals surface area contributed by atoms with E-state index in [4.69, 9.17) is 0 Å². The Morgan fingerprint density at radius 2 is 1.82 bits per heavy atom. The fourth-order valence-corrected chi connectivity index (χ4v) is 1.77. The third kappa shape index (κ3) is 4.59. The Bertz CT molecular complexity index is 388. The van der Waals surface area contributed by atoms with E-state index in [9.17, 15) is 4.79 Å². The lowest BCUT2D eigenvalue weighted by molar-refractivity contribution is 0.0918. The summed E-state index contributed by atoms with van der Waals surface area (Å²) >= 11 is 0. The van der Waals surface area contributed by atoms with E-state index in [0.717, 1.165) is 17.5 Å². The molecular weight excluding hydrogens is 210 g/mol. The van der Waals surface area contributed by atoms with Crippen molar-refractivity contribution >= 4 is 5.91 Å². The molecule has 0 saturated heterocycles. The van der Waals surface area contributed by atoms with Gasteiger partial charge in [-0.05, 0) is 44.7 Å². The molecule has 0 atom stereocenters. The molecule has 1 aromatic rings. The number of carbonyl (C=O) groups is 1. The highest BCUT2D eigenvalue weighted by Gasteiger charge is 2.17. The Kier molecular flexibility index (Phi) is 4.33. The first-order valence-electron chi connectivity index (χ1n) is 6.20. The average Bonchev–Trinajstić information content (AvgIpc) is 2.14. The summed E-state index contributed by atoms with van der Waals surface area (Å²) in [7, 11) is 0. The standard InChI is InChI=1S/C15H23NO/c1-11(2)10-12-8-6-7-9-13(12)14(17)16-15(3,4)5/h6-9,11H,10H2,1-5H3,(H,16,17). The highest BCUT2D eigenvalue weighted by molar-refractivity contribution is 5.96. The van der Waals surface area contributed by atoms with E-state index < -0.39 is 0 Å². The predicted octanol–water partition coefficient (Wildman–Crippen LogP) is 3.41. The van der Waals surface area contributed by atoms with Crippen LogP contribution in [0.3, 0.4) is 0 Å². The number of hydrogen-bond donors (Lipinski definition) is 1. The molecule has 0 bridgehead atoms. The van der Waals surface area contributed by atoms with Crippen LogP contribution in [0, 0.1) is 5.92 Å². The average molecular weight is 233 g/mol. The van der Waals surface area contributed by atoms with Gasteiger partial charge in [-0.1, -0.05) is 32.0 Å². The summed E-state index contributed by atoms with van der Waals surface area (Å²) in [6.45, 7) is 10.3. The van der Waals surface area contributed by atoms with Crippen molar-refractivity contribution in [1.29, 1.82) is 0 Å². The summed E-state index contributed by atoms with van der Waals surface area (Å²) < 4.78 is 0. The van der Waals surface area contributed by atoms with Gasteiger partial charge in [0.2, 0.25) is 0 Å². The molecule has 0 fully saturated rings. The summed E-state index contributed by atoms with van der Waals surface area (Å²) in [5.74, 6) is 0.576. The van der Waals surface area contributed by atoms with E-state index in [2.05, 4.69) is 19.2 Å². The Morgan fingerprint density at radius 3 is 2.35 bits per heavy atom. The third-order valence-electron chi connectivity index (χ3n) is 2.38. The number of hydrogen-bond acceptors (Lipinski definition) is 1. The highest BCUT2D eigenvalue weighted by Crippen LogP contribution is 2.15. The third-order valence-corrected chi connectivity index (χ3v) is 2.38. The van der Waals surface area contributed by atoms with E-state index in [1.54, 1.807) is 0 Å². The van der Waals surface area contributed by atoms with Crippen LogP contribution in [0.1, 0.15) is 50.5 Å². The minimum atomic E-state index is -0.192.